The molecular formula is C19H18BrF3N4OS. The number of benzene rings is 1. The number of thiophene rings is 1. The van der Waals surface area contributed by atoms with Crippen LogP contribution in [0.4, 0.5) is 13.2 Å². The average Bonchev–Trinajstić information content (AvgIpc) is 3.25. The lowest BCUT2D eigenvalue weighted by Crippen LogP contribution is -2.41. The maximum atomic E-state index is 13.2. The number of aryl methyl sites for hydroxylation is 1. The van der Waals surface area contributed by atoms with E-state index < -0.39 is 17.8 Å². The third-order valence-electron chi connectivity index (χ3n) is 4.37. The van der Waals surface area contributed by atoms with Crippen molar-refractivity contribution in [3.8, 4) is 10.6 Å². The van der Waals surface area contributed by atoms with Gasteiger partial charge in [0.2, 0.25) is 0 Å². The molecule has 0 saturated heterocycles. The minimum absolute atomic E-state index is 0.0130. The minimum atomic E-state index is -4.46. The zero-order valence-corrected chi connectivity index (χ0v) is 17.7. The number of alkyl halides is 3. The number of nitrogens with zero attached hydrogens (tertiary/aromatic N) is 2. The average molecular weight is 487 g/mol. The number of carbonyl (C=O) groups is 1. The van der Waals surface area contributed by atoms with Gasteiger partial charge in [0.05, 0.1) is 21.0 Å². The molecule has 3 aromatic rings. The number of rotatable bonds is 6. The van der Waals surface area contributed by atoms with Crippen molar-refractivity contribution in [2.45, 2.75) is 18.6 Å². The molecule has 0 aliphatic heterocycles. The van der Waals surface area contributed by atoms with Crippen LogP contribution < -0.4 is 11.1 Å². The van der Waals surface area contributed by atoms with E-state index in [1.54, 1.807) is 24.0 Å². The Hall–Kier alpha value is -2.17. The maximum absolute atomic E-state index is 13.2. The topological polar surface area (TPSA) is 72.9 Å². The Balaban J connectivity index is 1.77. The summed E-state index contributed by atoms with van der Waals surface area (Å²) in [6, 6.07) is 8.18. The first-order valence-corrected chi connectivity index (χ1v) is 10.3. The highest BCUT2D eigenvalue weighted by Gasteiger charge is 2.33. The molecule has 2 aromatic heterocycles. The Morgan fingerprint density at radius 1 is 1.34 bits per heavy atom. The molecule has 154 valence electrons. The molecule has 0 spiro atoms. The van der Waals surface area contributed by atoms with Crippen LogP contribution in [-0.2, 0) is 19.6 Å². The highest BCUT2D eigenvalue weighted by molar-refractivity contribution is 9.10. The van der Waals surface area contributed by atoms with Crippen LogP contribution in [0.25, 0.3) is 10.6 Å². The number of nitrogens with two attached hydrogens (primary N) is 1. The summed E-state index contributed by atoms with van der Waals surface area (Å²) in [4.78, 5) is 13.9. The summed E-state index contributed by atoms with van der Waals surface area (Å²) in [6.45, 7) is 0.0130. The molecule has 3 rings (SSSR count). The predicted molar refractivity (Wildman–Crippen MR) is 110 cm³/mol. The van der Waals surface area contributed by atoms with Gasteiger partial charge in [-0.1, -0.05) is 18.2 Å². The van der Waals surface area contributed by atoms with Gasteiger partial charge in [0.1, 0.15) is 0 Å². The monoisotopic (exact) mass is 486 g/mol. The fraction of sp³-hybridized carbons (Fsp3) is 0.263. The summed E-state index contributed by atoms with van der Waals surface area (Å²) in [5.41, 5.74) is 5.95. The lowest BCUT2D eigenvalue weighted by atomic mass is 9.99. The van der Waals surface area contributed by atoms with Crippen LogP contribution in [0.2, 0.25) is 0 Å². The zero-order valence-electron chi connectivity index (χ0n) is 15.3. The van der Waals surface area contributed by atoms with E-state index in [9.17, 15) is 18.0 Å². The van der Waals surface area contributed by atoms with Gasteiger partial charge in [0.25, 0.3) is 5.91 Å². The van der Waals surface area contributed by atoms with Gasteiger partial charge in [-0.15, -0.1) is 11.3 Å². The molecule has 0 saturated carbocycles. The number of hydrogen-bond acceptors (Lipinski definition) is 4. The normalized spacial score (nSPS) is 12.8. The first-order chi connectivity index (χ1) is 13.7. The van der Waals surface area contributed by atoms with Crippen LogP contribution in [0.5, 0.6) is 0 Å². The second-order valence-corrected chi connectivity index (χ2v) is 8.30. The van der Waals surface area contributed by atoms with Crippen molar-refractivity contribution in [3.05, 3.63) is 63.1 Å². The molecule has 0 aliphatic carbocycles. The second-order valence-electron chi connectivity index (χ2n) is 6.39. The molecule has 1 aromatic carbocycles. The summed E-state index contributed by atoms with van der Waals surface area (Å²) in [5.74, 6) is -0.385. The van der Waals surface area contributed by atoms with Gasteiger partial charge in [-0.25, -0.2) is 0 Å². The lowest BCUT2D eigenvalue weighted by molar-refractivity contribution is -0.138. The van der Waals surface area contributed by atoms with Crippen LogP contribution >= 0.6 is 27.3 Å². The molecule has 5 nitrogen and oxygen atoms in total. The second kappa shape index (κ2) is 8.68. The lowest BCUT2D eigenvalue weighted by Gasteiger charge is -2.19. The zero-order chi connectivity index (χ0) is 21.2. The van der Waals surface area contributed by atoms with Crippen LogP contribution in [0.3, 0.4) is 0 Å². The molecule has 10 heteroatoms. The van der Waals surface area contributed by atoms with Crippen molar-refractivity contribution in [2.24, 2.45) is 12.8 Å². The van der Waals surface area contributed by atoms with Gasteiger partial charge >= 0.3 is 6.18 Å². The van der Waals surface area contributed by atoms with E-state index >= 15 is 0 Å². The predicted octanol–water partition coefficient (Wildman–Crippen LogP) is 4.23. The van der Waals surface area contributed by atoms with Gasteiger partial charge in [-0.3, -0.25) is 9.48 Å². The van der Waals surface area contributed by atoms with E-state index in [4.69, 9.17) is 5.73 Å². The van der Waals surface area contributed by atoms with E-state index in [1.807, 2.05) is 6.07 Å². The summed E-state index contributed by atoms with van der Waals surface area (Å²) < 4.78 is 42.1. The van der Waals surface area contributed by atoms with E-state index in [-0.39, 0.29) is 24.4 Å². The van der Waals surface area contributed by atoms with Crippen molar-refractivity contribution in [2.75, 3.05) is 6.54 Å². The van der Waals surface area contributed by atoms with E-state index in [0.717, 1.165) is 21.1 Å². The fourth-order valence-corrected chi connectivity index (χ4v) is 4.78. The van der Waals surface area contributed by atoms with Crippen molar-refractivity contribution in [1.82, 2.24) is 15.1 Å². The van der Waals surface area contributed by atoms with Crippen molar-refractivity contribution < 1.29 is 18.0 Å². The smallest absolute Gasteiger partial charge is 0.347 e. The van der Waals surface area contributed by atoms with Crippen molar-refractivity contribution in [1.29, 1.82) is 0 Å². The number of amides is 1. The van der Waals surface area contributed by atoms with Gasteiger partial charge in [-0.2, -0.15) is 18.3 Å². The highest BCUT2D eigenvalue weighted by atomic mass is 79.9. The molecule has 1 amide bonds. The Bertz CT molecular complexity index is 1020. The third kappa shape index (κ3) is 4.88. The minimum Gasteiger partial charge on any atom is -0.347 e. The molecule has 0 radical (unpaired) electrons. The summed E-state index contributed by atoms with van der Waals surface area (Å²) in [7, 11) is 1.80. The first kappa shape index (κ1) is 21.5. The van der Waals surface area contributed by atoms with Crippen LogP contribution in [-0.4, -0.2) is 28.3 Å². The molecule has 29 heavy (non-hydrogen) atoms. The number of nitrogens with one attached hydrogen (secondary N) is 1. The molecule has 0 unspecified atom stereocenters. The summed E-state index contributed by atoms with van der Waals surface area (Å²) in [6.07, 6.45) is -2.82. The molecule has 3 N–H and O–H groups in total. The molecule has 0 aliphatic rings. The Morgan fingerprint density at radius 2 is 2.07 bits per heavy atom. The maximum Gasteiger partial charge on any atom is 0.416 e. The number of halogens is 4. The SMILES string of the molecule is Cn1nccc1-c1sc(C(=O)N[C@@H](CN)Cc2ccccc2C(F)(F)F)cc1Br. The van der Waals surface area contributed by atoms with E-state index in [1.165, 1.54) is 29.5 Å². The Labute approximate surface area is 177 Å². The summed E-state index contributed by atoms with van der Waals surface area (Å²) >= 11 is 4.71. The van der Waals surface area contributed by atoms with Crippen LogP contribution in [0, 0.1) is 0 Å². The molecule has 2 heterocycles. The number of carbonyl (C=O) groups excluding carboxylic acids is 1. The third-order valence-corrected chi connectivity index (χ3v) is 6.42. The summed E-state index contributed by atoms with van der Waals surface area (Å²) in [5, 5.41) is 6.86. The van der Waals surface area contributed by atoms with Crippen molar-refractivity contribution >= 4 is 33.2 Å². The largest absolute Gasteiger partial charge is 0.416 e. The van der Waals surface area contributed by atoms with Gasteiger partial charge in [0.15, 0.2) is 0 Å². The Kier molecular flexibility index (Phi) is 6.45. The number of hydrogen-bond donors (Lipinski definition) is 2. The van der Waals surface area contributed by atoms with Crippen molar-refractivity contribution in [3.63, 3.8) is 0 Å². The first-order valence-electron chi connectivity index (χ1n) is 8.64. The van der Waals surface area contributed by atoms with Gasteiger partial charge < -0.3 is 11.1 Å². The molecule has 0 bridgehead atoms. The van der Waals surface area contributed by atoms with Gasteiger partial charge in [-0.05, 0) is 46.1 Å². The molecule has 1 atom stereocenters. The standard InChI is InChI=1S/C19H18BrF3N4OS/c1-27-15(6-7-25-27)17-14(20)9-16(29-17)18(28)26-12(10-24)8-11-4-2-3-5-13(11)19(21,22)23/h2-7,9,12H,8,10,24H2,1H3,(H,26,28)/t12-/m1/s1. The van der Waals surface area contributed by atoms with Gasteiger partial charge in [0, 0.05) is 30.3 Å². The quantitative estimate of drug-likeness (QED) is 0.547. The molecule has 0 fully saturated rings. The van der Waals surface area contributed by atoms with E-state index in [0.29, 0.717) is 4.88 Å². The van der Waals surface area contributed by atoms with Crippen LogP contribution in [0.1, 0.15) is 20.8 Å². The molecular weight excluding hydrogens is 469 g/mol. The highest BCUT2D eigenvalue weighted by Crippen LogP contribution is 2.36. The van der Waals surface area contributed by atoms with Crippen LogP contribution in [0.15, 0.2) is 47.1 Å². The fourth-order valence-electron chi connectivity index (χ4n) is 2.94. The van der Waals surface area contributed by atoms with E-state index in [2.05, 4.69) is 26.3 Å². The number of aromatic nitrogens is 2. The Morgan fingerprint density at radius 3 is 2.69 bits per heavy atom.